The monoisotopic (exact) mass is 190 g/mol. The van der Waals surface area contributed by atoms with Gasteiger partial charge >= 0.3 is 0 Å². The van der Waals surface area contributed by atoms with Gasteiger partial charge < -0.3 is 10.2 Å². The van der Waals surface area contributed by atoms with Gasteiger partial charge in [0.2, 0.25) is 0 Å². The molecule has 0 heterocycles. The predicted octanol–water partition coefficient (Wildman–Crippen LogP) is 2.15. The zero-order chi connectivity index (χ0) is 11.4. The Kier molecular flexibility index (Phi) is 18.1. The van der Waals surface area contributed by atoms with Crippen LogP contribution in [0.4, 0.5) is 0 Å². The number of hydrogen-bond acceptors (Lipinski definition) is 2. The Morgan fingerprint density at radius 3 is 1.00 bits per heavy atom. The lowest BCUT2D eigenvalue weighted by Gasteiger charge is -1.74. The molecule has 0 atom stereocenters. The van der Waals surface area contributed by atoms with Crippen LogP contribution in [0.5, 0.6) is 0 Å². The highest BCUT2D eigenvalue weighted by Crippen LogP contribution is 1.82. The van der Waals surface area contributed by atoms with Crippen molar-refractivity contribution >= 4 is 11.9 Å². The van der Waals surface area contributed by atoms with Crippen molar-refractivity contribution < 1.29 is 19.8 Å². The average Bonchev–Trinajstić information content (AvgIpc) is 1.84. The number of hydrogen-bond donors (Lipinski definition) is 2. The zero-order valence-corrected chi connectivity index (χ0v) is 8.79. The molecule has 0 aliphatic rings. The van der Waals surface area contributed by atoms with E-state index < -0.39 is 11.9 Å². The Bertz CT molecular complexity index is 146. The van der Waals surface area contributed by atoms with E-state index in [9.17, 15) is 0 Å². The summed E-state index contributed by atoms with van der Waals surface area (Å²) in [6.07, 6.45) is 2.08. The maximum atomic E-state index is 9.00. The van der Waals surface area contributed by atoms with Crippen molar-refractivity contribution in [2.45, 2.75) is 34.6 Å². The Morgan fingerprint density at radius 2 is 1.00 bits per heavy atom. The second-order valence-corrected chi connectivity index (χ2v) is 2.40. The summed E-state index contributed by atoms with van der Waals surface area (Å²) in [4.78, 5) is 18.0. The van der Waals surface area contributed by atoms with Crippen LogP contribution in [0.15, 0.2) is 11.6 Å². The lowest BCUT2D eigenvalue weighted by molar-refractivity contribution is -0.135. The van der Waals surface area contributed by atoms with Crippen LogP contribution in [0, 0.1) is 0 Å². The molecular weight excluding hydrogens is 172 g/mol. The summed E-state index contributed by atoms with van der Waals surface area (Å²) in [5.41, 5.74) is 1.38. The quantitative estimate of drug-likeness (QED) is 0.574. The van der Waals surface area contributed by atoms with Gasteiger partial charge in [-0.15, -0.1) is 0 Å². The molecule has 0 aliphatic carbocycles. The van der Waals surface area contributed by atoms with Gasteiger partial charge in [-0.2, -0.15) is 0 Å². The van der Waals surface area contributed by atoms with Crippen molar-refractivity contribution in [1.29, 1.82) is 0 Å². The van der Waals surface area contributed by atoms with Crippen LogP contribution >= 0.6 is 0 Å². The van der Waals surface area contributed by atoms with Crippen molar-refractivity contribution in [3.8, 4) is 0 Å². The van der Waals surface area contributed by atoms with E-state index in [2.05, 4.69) is 19.9 Å². The zero-order valence-electron chi connectivity index (χ0n) is 8.79. The minimum atomic E-state index is -0.833. The molecule has 4 heteroatoms. The lowest BCUT2D eigenvalue weighted by atomic mass is 10.3. The van der Waals surface area contributed by atoms with Gasteiger partial charge in [-0.05, 0) is 20.8 Å². The van der Waals surface area contributed by atoms with Crippen LogP contribution < -0.4 is 0 Å². The van der Waals surface area contributed by atoms with Crippen LogP contribution in [0.25, 0.3) is 0 Å². The molecule has 0 saturated carbocycles. The summed E-state index contributed by atoms with van der Waals surface area (Å²) in [6, 6.07) is 0. The summed E-state index contributed by atoms with van der Waals surface area (Å²) in [5, 5.41) is 14.8. The van der Waals surface area contributed by atoms with Crippen LogP contribution in [-0.2, 0) is 9.59 Å². The number of rotatable bonds is 0. The summed E-state index contributed by atoms with van der Waals surface area (Å²) >= 11 is 0. The number of carboxylic acids is 2. The van der Waals surface area contributed by atoms with E-state index in [1.165, 1.54) is 5.57 Å². The van der Waals surface area contributed by atoms with Crippen molar-refractivity contribution in [1.82, 2.24) is 0 Å². The first-order valence-corrected chi connectivity index (χ1v) is 3.72. The van der Waals surface area contributed by atoms with E-state index in [1.54, 1.807) is 0 Å². The second-order valence-electron chi connectivity index (χ2n) is 2.40. The number of aliphatic carboxylic acids is 2. The molecule has 0 aliphatic heterocycles. The SMILES string of the molecule is CC(=O)O.CC(=O)O.CC=C(C)C. The number of carbonyl (C=O) groups is 2. The van der Waals surface area contributed by atoms with Gasteiger partial charge in [0.15, 0.2) is 0 Å². The Morgan fingerprint density at radius 1 is 0.923 bits per heavy atom. The molecule has 0 aromatic heterocycles. The average molecular weight is 190 g/mol. The van der Waals surface area contributed by atoms with Gasteiger partial charge in [0.25, 0.3) is 11.9 Å². The van der Waals surface area contributed by atoms with E-state index in [-0.39, 0.29) is 0 Å². The fraction of sp³-hybridized carbons (Fsp3) is 0.556. The number of carboxylic acid groups (broad SMARTS) is 2. The van der Waals surface area contributed by atoms with Crippen LogP contribution in [-0.4, -0.2) is 22.2 Å². The third-order valence-corrected chi connectivity index (χ3v) is 0.577. The first-order chi connectivity index (χ1) is 5.73. The molecule has 0 fully saturated rings. The highest BCUT2D eigenvalue weighted by Gasteiger charge is 1.66. The van der Waals surface area contributed by atoms with Crippen molar-refractivity contribution in [3.63, 3.8) is 0 Å². The molecular formula is C9H18O4. The molecule has 0 aromatic carbocycles. The van der Waals surface area contributed by atoms with Crippen LogP contribution in [0.2, 0.25) is 0 Å². The largest absolute Gasteiger partial charge is 0.481 e. The number of allylic oxidation sites excluding steroid dienone is 2. The highest BCUT2D eigenvalue weighted by atomic mass is 16.4. The van der Waals surface area contributed by atoms with Crippen LogP contribution in [0.1, 0.15) is 34.6 Å². The summed E-state index contributed by atoms with van der Waals surface area (Å²) in [7, 11) is 0. The van der Waals surface area contributed by atoms with Gasteiger partial charge in [0.05, 0.1) is 0 Å². The maximum Gasteiger partial charge on any atom is 0.300 e. The standard InChI is InChI=1S/C5H10.2C2H4O2/c1-4-5(2)3;2*1-2(3)4/h4H,1-3H3;2*1H3,(H,3,4). The molecule has 0 rings (SSSR count). The van der Waals surface area contributed by atoms with E-state index in [0.717, 1.165) is 13.8 Å². The smallest absolute Gasteiger partial charge is 0.300 e. The van der Waals surface area contributed by atoms with E-state index in [1.807, 2.05) is 6.92 Å². The van der Waals surface area contributed by atoms with E-state index in [0.29, 0.717) is 0 Å². The molecule has 78 valence electrons. The fourth-order valence-corrected chi connectivity index (χ4v) is 0. The Balaban J connectivity index is -0.000000117. The molecule has 0 aromatic rings. The van der Waals surface area contributed by atoms with Gasteiger partial charge in [-0.25, -0.2) is 0 Å². The first kappa shape index (κ1) is 17.7. The van der Waals surface area contributed by atoms with Gasteiger partial charge in [0, 0.05) is 13.8 Å². The Hall–Kier alpha value is -1.32. The molecule has 0 bridgehead atoms. The minimum Gasteiger partial charge on any atom is -0.481 e. The predicted molar refractivity (Wildman–Crippen MR) is 51.7 cm³/mol. The molecule has 0 radical (unpaired) electrons. The molecule has 13 heavy (non-hydrogen) atoms. The fourth-order valence-electron chi connectivity index (χ4n) is 0. The molecule has 2 N–H and O–H groups in total. The third kappa shape index (κ3) is 1740. The van der Waals surface area contributed by atoms with Gasteiger partial charge in [-0.3, -0.25) is 9.59 Å². The molecule has 4 nitrogen and oxygen atoms in total. The van der Waals surface area contributed by atoms with Crippen LogP contribution in [0.3, 0.4) is 0 Å². The molecule has 0 spiro atoms. The summed E-state index contributed by atoms with van der Waals surface area (Å²) in [6.45, 7) is 8.37. The van der Waals surface area contributed by atoms with Gasteiger partial charge in [-0.1, -0.05) is 11.6 Å². The first-order valence-electron chi connectivity index (χ1n) is 3.72. The molecule has 0 unspecified atom stereocenters. The topological polar surface area (TPSA) is 74.6 Å². The normalized spacial score (nSPS) is 6.54. The highest BCUT2D eigenvalue weighted by molar-refractivity contribution is 5.63. The Labute approximate surface area is 78.9 Å². The maximum absolute atomic E-state index is 9.00. The lowest BCUT2D eigenvalue weighted by Crippen LogP contribution is -1.78. The van der Waals surface area contributed by atoms with E-state index >= 15 is 0 Å². The van der Waals surface area contributed by atoms with E-state index in [4.69, 9.17) is 19.8 Å². The van der Waals surface area contributed by atoms with Crippen molar-refractivity contribution in [3.05, 3.63) is 11.6 Å². The summed E-state index contributed by atoms with van der Waals surface area (Å²) in [5.74, 6) is -1.67. The van der Waals surface area contributed by atoms with Crippen molar-refractivity contribution in [2.24, 2.45) is 0 Å². The second kappa shape index (κ2) is 13.3. The van der Waals surface area contributed by atoms with Crippen molar-refractivity contribution in [2.75, 3.05) is 0 Å². The molecule has 0 amide bonds. The van der Waals surface area contributed by atoms with Gasteiger partial charge in [0.1, 0.15) is 0 Å². The molecule has 0 saturated heterocycles. The third-order valence-electron chi connectivity index (χ3n) is 0.577. The summed E-state index contributed by atoms with van der Waals surface area (Å²) < 4.78 is 0. The minimum absolute atomic E-state index is 0.833.